The van der Waals surface area contributed by atoms with E-state index < -0.39 is 0 Å². The smallest absolute Gasteiger partial charge is 0.123 e. The van der Waals surface area contributed by atoms with Crippen molar-refractivity contribution in [3.8, 4) is 0 Å². The monoisotopic (exact) mass is 328 g/mol. The number of nitrogens with zero attached hydrogens (tertiary/aromatic N) is 1. The second-order valence-corrected chi connectivity index (χ2v) is 6.51. The molecule has 2 aromatic carbocycles. The predicted molar refractivity (Wildman–Crippen MR) is 96.2 cm³/mol. The minimum Gasteiger partial charge on any atom is -0.378 e. The molecule has 2 unspecified atom stereocenters. The number of halogens is 1. The number of hydrogen-bond donors (Lipinski definition) is 3. The lowest BCUT2D eigenvalue weighted by molar-refractivity contribution is 0.441. The summed E-state index contributed by atoms with van der Waals surface area (Å²) in [6, 6.07) is 15.5. The second-order valence-electron chi connectivity index (χ2n) is 6.51. The normalized spacial score (nSPS) is 20.3. The van der Waals surface area contributed by atoms with Crippen LogP contribution < -0.4 is 21.1 Å². The van der Waals surface area contributed by atoms with Crippen molar-refractivity contribution in [1.82, 2.24) is 16.2 Å². The van der Waals surface area contributed by atoms with E-state index in [9.17, 15) is 4.39 Å². The first-order valence-electron chi connectivity index (χ1n) is 8.34. The second kappa shape index (κ2) is 7.75. The van der Waals surface area contributed by atoms with Gasteiger partial charge in [-0.3, -0.25) is 5.43 Å². The van der Waals surface area contributed by atoms with Crippen molar-refractivity contribution in [1.29, 1.82) is 0 Å². The molecule has 0 amide bonds. The fraction of sp³-hybridized carbons (Fsp3) is 0.368. The highest BCUT2D eigenvalue weighted by molar-refractivity contribution is 5.47. The first-order chi connectivity index (χ1) is 11.6. The Balaban J connectivity index is 1.56. The molecule has 24 heavy (non-hydrogen) atoms. The van der Waals surface area contributed by atoms with Gasteiger partial charge in [-0.25, -0.2) is 9.82 Å². The van der Waals surface area contributed by atoms with Crippen LogP contribution in [-0.4, -0.2) is 27.2 Å². The topological polar surface area (TPSA) is 39.3 Å². The van der Waals surface area contributed by atoms with E-state index in [2.05, 4.69) is 59.4 Å². The molecule has 0 saturated carbocycles. The summed E-state index contributed by atoms with van der Waals surface area (Å²) in [4.78, 5) is 2.11. The van der Waals surface area contributed by atoms with Crippen LogP contribution in [0.25, 0.3) is 0 Å². The molecule has 128 valence electrons. The van der Waals surface area contributed by atoms with E-state index >= 15 is 0 Å². The van der Waals surface area contributed by atoms with Crippen LogP contribution in [0.2, 0.25) is 0 Å². The average molecular weight is 328 g/mol. The van der Waals surface area contributed by atoms with Gasteiger partial charge in [0.15, 0.2) is 0 Å². The van der Waals surface area contributed by atoms with Crippen molar-refractivity contribution in [2.45, 2.75) is 12.6 Å². The Morgan fingerprint density at radius 2 is 1.96 bits per heavy atom. The Labute approximate surface area is 143 Å². The Bertz CT molecular complexity index is 657. The number of anilines is 1. The van der Waals surface area contributed by atoms with Crippen LogP contribution in [0.4, 0.5) is 10.1 Å². The van der Waals surface area contributed by atoms with Gasteiger partial charge in [-0.1, -0.05) is 24.3 Å². The highest BCUT2D eigenvalue weighted by Gasteiger charge is 2.27. The van der Waals surface area contributed by atoms with Gasteiger partial charge in [0.05, 0.1) is 6.04 Å². The molecule has 2 aromatic rings. The van der Waals surface area contributed by atoms with Gasteiger partial charge in [0.25, 0.3) is 0 Å². The van der Waals surface area contributed by atoms with Crippen LogP contribution in [0, 0.1) is 11.7 Å². The molecular formula is C19H25FN4. The lowest BCUT2D eigenvalue weighted by Crippen LogP contribution is -2.28. The lowest BCUT2D eigenvalue weighted by atomic mass is 9.95. The largest absolute Gasteiger partial charge is 0.378 e. The summed E-state index contributed by atoms with van der Waals surface area (Å²) in [5.41, 5.74) is 10.1. The highest BCUT2D eigenvalue weighted by atomic mass is 19.1. The van der Waals surface area contributed by atoms with Crippen molar-refractivity contribution in [3.63, 3.8) is 0 Å². The standard InChI is InChI=1S/C19H25FN4/c1-24(2)18-5-3-4-14(10-18)11-21-12-16-13-22-23-19(16)15-6-8-17(20)9-7-15/h3-10,16,19,21-23H,11-13H2,1-2H3. The Kier molecular flexibility index (Phi) is 5.45. The molecule has 1 saturated heterocycles. The number of hydrazine groups is 1. The maximum atomic E-state index is 13.1. The summed E-state index contributed by atoms with van der Waals surface area (Å²) in [5, 5.41) is 3.55. The maximum Gasteiger partial charge on any atom is 0.123 e. The summed E-state index contributed by atoms with van der Waals surface area (Å²) < 4.78 is 13.1. The molecule has 2 atom stereocenters. The number of benzene rings is 2. The minimum absolute atomic E-state index is 0.194. The number of hydrogen-bond acceptors (Lipinski definition) is 4. The van der Waals surface area contributed by atoms with Gasteiger partial charge in [0.2, 0.25) is 0 Å². The molecule has 0 aromatic heterocycles. The fourth-order valence-corrected chi connectivity index (χ4v) is 3.10. The van der Waals surface area contributed by atoms with Gasteiger partial charge in [-0.05, 0) is 35.4 Å². The molecule has 1 heterocycles. The van der Waals surface area contributed by atoms with Crippen molar-refractivity contribution < 1.29 is 4.39 Å². The van der Waals surface area contributed by atoms with E-state index in [1.807, 2.05) is 12.1 Å². The van der Waals surface area contributed by atoms with Gasteiger partial charge in [0, 0.05) is 45.3 Å². The molecule has 0 bridgehead atoms. The quantitative estimate of drug-likeness (QED) is 0.762. The van der Waals surface area contributed by atoms with E-state index in [4.69, 9.17) is 0 Å². The molecule has 4 nitrogen and oxygen atoms in total. The van der Waals surface area contributed by atoms with Crippen LogP contribution in [0.5, 0.6) is 0 Å². The zero-order chi connectivity index (χ0) is 16.9. The minimum atomic E-state index is -0.194. The van der Waals surface area contributed by atoms with Crippen molar-refractivity contribution >= 4 is 5.69 Å². The van der Waals surface area contributed by atoms with E-state index in [0.29, 0.717) is 5.92 Å². The van der Waals surface area contributed by atoms with Crippen molar-refractivity contribution in [2.24, 2.45) is 5.92 Å². The third kappa shape index (κ3) is 4.12. The predicted octanol–water partition coefficient (Wildman–Crippen LogP) is 2.45. The molecule has 1 aliphatic heterocycles. The Morgan fingerprint density at radius 1 is 1.17 bits per heavy atom. The van der Waals surface area contributed by atoms with Gasteiger partial charge < -0.3 is 10.2 Å². The first kappa shape index (κ1) is 16.9. The van der Waals surface area contributed by atoms with E-state index in [1.54, 1.807) is 0 Å². The average Bonchev–Trinajstić information content (AvgIpc) is 3.04. The van der Waals surface area contributed by atoms with Gasteiger partial charge in [-0.15, -0.1) is 0 Å². The number of rotatable bonds is 6. The van der Waals surface area contributed by atoms with Gasteiger partial charge >= 0.3 is 0 Å². The van der Waals surface area contributed by atoms with E-state index in [-0.39, 0.29) is 11.9 Å². The van der Waals surface area contributed by atoms with Crippen LogP contribution in [0.1, 0.15) is 17.2 Å². The van der Waals surface area contributed by atoms with E-state index in [0.717, 1.165) is 25.2 Å². The van der Waals surface area contributed by atoms with Gasteiger partial charge in [-0.2, -0.15) is 0 Å². The third-order valence-corrected chi connectivity index (χ3v) is 4.48. The molecule has 0 spiro atoms. The molecule has 1 fully saturated rings. The highest BCUT2D eigenvalue weighted by Crippen LogP contribution is 2.24. The van der Waals surface area contributed by atoms with Crippen LogP contribution in [-0.2, 0) is 6.54 Å². The molecule has 0 radical (unpaired) electrons. The van der Waals surface area contributed by atoms with Crippen molar-refractivity contribution in [2.75, 3.05) is 32.1 Å². The SMILES string of the molecule is CN(C)c1cccc(CNCC2CNNC2c2ccc(F)cc2)c1. The molecule has 3 rings (SSSR count). The lowest BCUT2D eigenvalue weighted by Gasteiger charge is -2.20. The Morgan fingerprint density at radius 3 is 2.71 bits per heavy atom. The van der Waals surface area contributed by atoms with Crippen LogP contribution >= 0.6 is 0 Å². The summed E-state index contributed by atoms with van der Waals surface area (Å²) in [5.74, 6) is 0.229. The van der Waals surface area contributed by atoms with Gasteiger partial charge in [0.1, 0.15) is 5.82 Å². The summed E-state index contributed by atoms with van der Waals surface area (Å²) >= 11 is 0. The molecule has 5 heteroatoms. The Hall–Kier alpha value is -1.95. The number of nitrogens with one attached hydrogen (secondary N) is 3. The van der Waals surface area contributed by atoms with Crippen molar-refractivity contribution in [3.05, 3.63) is 65.5 Å². The molecule has 1 aliphatic rings. The summed E-state index contributed by atoms with van der Waals surface area (Å²) in [6.45, 7) is 2.63. The zero-order valence-electron chi connectivity index (χ0n) is 14.2. The fourth-order valence-electron chi connectivity index (χ4n) is 3.10. The maximum absolute atomic E-state index is 13.1. The summed E-state index contributed by atoms with van der Waals surface area (Å²) in [6.07, 6.45) is 0. The third-order valence-electron chi connectivity index (χ3n) is 4.48. The molecule has 3 N–H and O–H groups in total. The molecular weight excluding hydrogens is 303 g/mol. The van der Waals surface area contributed by atoms with Crippen LogP contribution in [0.15, 0.2) is 48.5 Å². The summed E-state index contributed by atoms with van der Waals surface area (Å²) in [7, 11) is 4.10. The first-order valence-corrected chi connectivity index (χ1v) is 8.34. The molecule has 0 aliphatic carbocycles. The van der Waals surface area contributed by atoms with Crippen LogP contribution in [0.3, 0.4) is 0 Å². The van der Waals surface area contributed by atoms with E-state index in [1.165, 1.54) is 23.4 Å². The zero-order valence-corrected chi connectivity index (χ0v) is 14.2.